The van der Waals surface area contributed by atoms with Crippen LogP contribution in [0.15, 0.2) is 24.3 Å². The topological polar surface area (TPSA) is 106 Å². The van der Waals surface area contributed by atoms with Crippen LogP contribution in [0.2, 0.25) is 0 Å². The molecule has 0 saturated heterocycles. The molecule has 0 radical (unpaired) electrons. The Morgan fingerprint density at radius 1 is 1.00 bits per heavy atom. The van der Waals surface area contributed by atoms with Crippen molar-refractivity contribution < 1.29 is 25.3 Å². The van der Waals surface area contributed by atoms with Crippen LogP contribution in [0.4, 0.5) is 0 Å². The molecule has 1 aromatic rings. The maximum atomic E-state index is 10.4. The molecule has 0 aliphatic carbocycles. The molecule has 0 aliphatic heterocycles. The molecule has 1 rings (SSSR count). The molecule has 0 saturated carbocycles. The SMILES string of the molecule is O.O=C(O)c1cccc(C(=O)O)c1.S.[KH]. The third-order valence-electron chi connectivity index (χ3n) is 1.36. The number of carbonyl (C=O) groups is 2. The number of hydrogen-bond donors (Lipinski definition) is 2. The van der Waals surface area contributed by atoms with Gasteiger partial charge in [0, 0.05) is 0 Å². The second-order valence-electron chi connectivity index (χ2n) is 2.19. The van der Waals surface area contributed by atoms with Gasteiger partial charge in [-0.3, -0.25) is 0 Å². The van der Waals surface area contributed by atoms with Crippen LogP contribution < -0.4 is 0 Å². The van der Waals surface area contributed by atoms with Crippen LogP contribution in [-0.4, -0.2) is 79.0 Å². The number of rotatable bonds is 2. The van der Waals surface area contributed by atoms with Crippen molar-refractivity contribution in [3.8, 4) is 0 Å². The van der Waals surface area contributed by atoms with Gasteiger partial charge in [-0.25, -0.2) is 9.59 Å². The summed E-state index contributed by atoms with van der Waals surface area (Å²) in [5.74, 6) is -2.25. The normalized spacial score (nSPS) is 7.47. The summed E-state index contributed by atoms with van der Waals surface area (Å²) in [6, 6.07) is 5.20. The van der Waals surface area contributed by atoms with Crippen LogP contribution in [0.25, 0.3) is 0 Å². The van der Waals surface area contributed by atoms with Gasteiger partial charge in [0.25, 0.3) is 0 Å². The van der Waals surface area contributed by atoms with Crippen LogP contribution >= 0.6 is 13.5 Å². The Balaban J connectivity index is -0.000000480. The minimum absolute atomic E-state index is 0. The summed E-state index contributed by atoms with van der Waals surface area (Å²) < 4.78 is 0. The number of aromatic carboxylic acids is 2. The summed E-state index contributed by atoms with van der Waals surface area (Å²) in [6.45, 7) is 0. The zero-order valence-electron chi connectivity index (χ0n) is 7.02. The van der Waals surface area contributed by atoms with E-state index in [4.69, 9.17) is 10.2 Å². The van der Waals surface area contributed by atoms with E-state index >= 15 is 0 Å². The van der Waals surface area contributed by atoms with Crippen molar-refractivity contribution in [2.45, 2.75) is 0 Å². The second kappa shape index (κ2) is 9.34. The van der Waals surface area contributed by atoms with E-state index in [2.05, 4.69) is 0 Å². The Bertz CT molecular complexity index is 312. The fourth-order valence-corrected chi connectivity index (χ4v) is 0.785. The molecule has 0 bridgehead atoms. The van der Waals surface area contributed by atoms with Gasteiger partial charge < -0.3 is 15.7 Å². The minimum atomic E-state index is -1.13. The van der Waals surface area contributed by atoms with Gasteiger partial charge in [-0.15, -0.1) is 0 Å². The molecule has 1 aromatic carbocycles. The first-order valence-electron chi connectivity index (χ1n) is 3.18. The van der Waals surface area contributed by atoms with Crippen LogP contribution in [0, 0.1) is 0 Å². The number of carboxylic acid groups (broad SMARTS) is 2. The van der Waals surface area contributed by atoms with E-state index in [0.29, 0.717) is 0 Å². The van der Waals surface area contributed by atoms with Crippen LogP contribution in [-0.2, 0) is 0 Å². The first-order chi connectivity index (χ1) is 5.61. The summed E-state index contributed by atoms with van der Waals surface area (Å²) in [5, 5.41) is 17.0. The Kier molecular flexibility index (Phi) is 12.8. The number of carboxylic acids is 2. The zero-order chi connectivity index (χ0) is 9.14. The van der Waals surface area contributed by atoms with E-state index in [0.717, 1.165) is 6.07 Å². The molecule has 0 fully saturated rings. The van der Waals surface area contributed by atoms with Crippen molar-refractivity contribution in [1.82, 2.24) is 0 Å². The van der Waals surface area contributed by atoms with Gasteiger partial charge in [0.15, 0.2) is 0 Å². The van der Waals surface area contributed by atoms with Gasteiger partial charge in [-0.1, -0.05) is 6.07 Å². The molecule has 7 heteroatoms. The quantitative estimate of drug-likeness (QED) is 0.712. The molecule has 0 heterocycles. The Labute approximate surface area is 136 Å². The van der Waals surface area contributed by atoms with E-state index in [9.17, 15) is 9.59 Å². The number of hydrogen-bond acceptors (Lipinski definition) is 2. The second-order valence-corrected chi connectivity index (χ2v) is 2.19. The van der Waals surface area contributed by atoms with Gasteiger partial charge in [-0.2, -0.15) is 13.5 Å². The first kappa shape index (κ1) is 20.5. The first-order valence-corrected chi connectivity index (χ1v) is 3.18. The van der Waals surface area contributed by atoms with E-state index in [1.165, 1.54) is 18.2 Å². The Morgan fingerprint density at radius 2 is 1.33 bits per heavy atom. The predicted octanol–water partition coefficient (Wildman–Crippen LogP) is -0.277. The summed E-state index contributed by atoms with van der Waals surface area (Å²) in [4.78, 5) is 20.8. The van der Waals surface area contributed by atoms with Crippen molar-refractivity contribution in [2.24, 2.45) is 0 Å². The van der Waals surface area contributed by atoms with E-state index in [1.54, 1.807) is 0 Å². The molecular formula is C8H11KO5S. The van der Waals surface area contributed by atoms with Crippen molar-refractivity contribution in [3.05, 3.63) is 35.4 Å². The molecule has 4 N–H and O–H groups in total. The van der Waals surface area contributed by atoms with Crippen molar-refractivity contribution in [2.75, 3.05) is 0 Å². The van der Waals surface area contributed by atoms with Gasteiger partial charge in [0.05, 0.1) is 11.1 Å². The van der Waals surface area contributed by atoms with Crippen LogP contribution in [0.3, 0.4) is 0 Å². The third-order valence-corrected chi connectivity index (χ3v) is 1.36. The van der Waals surface area contributed by atoms with Crippen molar-refractivity contribution >= 4 is 76.8 Å². The molecule has 0 amide bonds. The van der Waals surface area contributed by atoms with E-state index < -0.39 is 11.9 Å². The standard InChI is InChI=1S/C8H6O4.K.H2O.H2S.H/c9-7(10)5-2-1-3-6(4-5)8(11)12;;;;/h1-4H,(H,9,10)(H,11,12);;2*1H2;. The molecular weight excluding hydrogens is 247 g/mol. The molecule has 0 spiro atoms. The molecule has 0 aromatic heterocycles. The molecule has 15 heavy (non-hydrogen) atoms. The fraction of sp³-hybridized carbons (Fsp3) is 0. The van der Waals surface area contributed by atoms with E-state index in [-0.39, 0.29) is 81.5 Å². The van der Waals surface area contributed by atoms with Crippen molar-refractivity contribution in [1.29, 1.82) is 0 Å². The molecule has 0 atom stereocenters. The van der Waals surface area contributed by atoms with E-state index in [1.807, 2.05) is 0 Å². The summed E-state index contributed by atoms with van der Waals surface area (Å²) in [7, 11) is 0. The third kappa shape index (κ3) is 6.31. The summed E-state index contributed by atoms with van der Waals surface area (Å²) >= 11 is 0. The summed E-state index contributed by atoms with van der Waals surface area (Å²) in [5.41, 5.74) is -0.0372. The van der Waals surface area contributed by atoms with Crippen molar-refractivity contribution in [3.63, 3.8) is 0 Å². The van der Waals surface area contributed by atoms with Crippen LogP contribution in [0.5, 0.6) is 0 Å². The fourth-order valence-electron chi connectivity index (χ4n) is 0.785. The Morgan fingerprint density at radius 3 is 1.60 bits per heavy atom. The number of benzene rings is 1. The molecule has 5 nitrogen and oxygen atoms in total. The zero-order valence-corrected chi connectivity index (χ0v) is 8.02. The average Bonchev–Trinajstić information content (AvgIpc) is 2.04. The van der Waals surface area contributed by atoms with Gasteiger partial charge in [0.2, 0.25) is 0 Å². The average molecular weight is 258 g/mol. The van der Waals surface area contributed by atoms with Gasteiger partial charge in [-0.05, 0) is 18.2 Å². The monoisotopic (exact) mass is 258 g/mol. The van der Waals surface area contributed by atoms with Gasteiger partial charge in [0.1, 0.15) is 0 Å². The molecule has 0 aliphatic rings. The van der Waals surface area contributed by atoms with Gasteiger partial charge >= 0.3 is 63.3 Å². The predicted molar refractivity (Wildman–Crippen MR) is 61.5 cm³/mol. The maximum absolute atomic E-state index is 10.4. The molecule has 0 unspecified atom stereocenters. The Hall–Kier alpha value is 0.106. The molecule has 80 valence electrons. The summed E-state index contributed by atoms with van der Waals surface area (Å²) in [6.07, 6.45) is 0. The van der Waals surface area contributed by atoms with Crippen LogP contribution in [0.1, 0.15) is 20.7 Å².